The van der Waals surface area contributed by atoms with Gasteiger partial charge in [-0.1, -0.05) is 12.1 Å². The van der Waals surface area contributed by atoms with Gasteiger partial charge >= 0.3 is 6.18 Å². The minimum absolute atomic E-state index is 0.167. The maximum absolute atomic E-state index is 13.2. The zero-order valence-electron chi connectivity index (χ0n) is 12.3. The summed E-state index contributed by atoms with van der Waals surface area (Å²) < 4.78 is 45.1. The smallest absolute Gasteiger partial charge is 0.416 e. The highest BCUT2D eigenvalue weighted by Crippen LogP contribution is 2.43. The number of carbonyl (C=O) groups excluding carboxylic acids is 1. The summed E-state index contributed by atoms with van der Waals surface area (Å²) in [5.74, 6) is 0.0782. The van der Waals surface area contributed by atoms with Gasteiger partial charge in [-0.15, -0.1) is 0 Å². The largest absolute Gasteiger partial charge is 0.481 e. The molecule has 122 valence electrons. The molecule has 4 nitrogen and oxygen atoms in total. The van der Waals surface area contributed by atoms with Gasteiger partial charge in [0.1, 0.15) is 0 Å². The molecule has 0 spiro atoms. The van der Waals surface area contributed by atoms with Crippen molar-refractivity contribution in [1.29, 1.82) is 0 Å². The molecule has 0 radical (unpaired) electrons. The van der Waals surface area contributed by atoms with Crippen molar-refractivity contribution in [3.05, 3.63) is 47.0 Å². The molecule has 0 unspecified atom stereocenters. The number of carbonyl (C=O) groups is 1. The summed E-state index contributed by atoms with van der Waals surface area (Å²) in [6, 6.07) is 7.23. The molecule has 2 aromatic carbocycles. The third-order valence-electron chi connectivity index (χ3n) is 4.00. The second-order valence-electron chi connectivity index (χ2n) is 5.58. The molecule has 0 aromatic heterocycles. The monoisotopic (exact) mass is 332 g/mol. The van der Waals surface area contributed by atoms with Crippen molar-refractivity contribution in [2.45, 2.75) is 12.7 Å². The van der Waals surface area contributed by atoms with Crippen LogP contribution in [-0.4, -0.2) is 18.7 Å². The predicted octanol–water partition coefficient (Wildman–Crippen LogP) is 3.64. The van der Waals surface area contributed by atoms with Gasteiger partial charge in [-0.05, 0) is 29.3 Å². The Morgan fingerprint density at radius 2 is 2.00 bits per heavy atom. The molecule has 1 N–H and O–H groups in total. The number of benzene rings is 2. The van der Waals surface area contributed by atoms with E-state index in [1.54, 1.807) is 24.4 Å². The molecule has 0 saturated heterocycles. The minimum Gasteiger partial charge on any atom is -0.481 e. The van der Waals surface area contributed by atoms with Crippen LogP contribution >= 0.6 is 0 Å². The predicted molar refractivity (Wildman–Crippen MR) is 82.3 cm³/mol. The molecule has 1 amide bonds. The third kappa shape index (κ3) is 2.33. The summed E-state index contributed by atoms with van der Waals surface area (Å²) in [6.07, 6.45) is -2.87. The summed E-state index contributed by atoms with van der Waals surface area (Å²) in [5, 5.41) is 2.66. The molecule has 2 heterocycles. The highest BCUT2D eigenvalue weighted by Gasteiger charge is 2.33. The van der Waals surface area contributed by atoms with Crippen LogP contribution in [0.1, 0.15) is 16.7 Å². The van der Waals surface area contributed by atoms with Gasteiger partial charge < -0.3 is 10.1 Å². The normalized spacial score (nSPS) is 15.5. The number of hydrogen-bond acceptors (Lipinski definition) is 3. The molecule has 2 aromatic rings. The molecule has 0 aliphatic carbocycles. The Morgan fingerprint density at radius 3 is 2.79 bits per heavy atom. The molecule has 0 fully saturated rings. The lowest BCUT2D eigenvalue weighted by Crippen LogP contribution is -2.25. The van der Waals surface area contributed by atoms with Crippen LogP contribution in [0, 0.1) is 0 Å². The van der Waals surface area contributed by atoms with E-state index in [1.807, 2.05) is 0 Å². The van der Waals surface area contributed by atoms with E-state index in [0.29, 0.717) is 33.7 Å². The number of amides is 1. The lowest BCUT2D eigenvalue weighted by molar-refractivity contribution is -0.137. The van der Waals surface area contributed by atoms with Gasteiger partial charge in [-0.2, -0.15) is 13.2 Å². The lowest BCUT2D eigenvalue weighted by atomic mass is 9.93. The number of hydrogen-bond donors (Lipinski definition) is 1. The standard InChI is InChI=1S/C17H11F3N2O2/c18-17(19,20)10-4-9-6-21-7-13(9)12(5-10)11-2-1-3-14-16(11)24-8-15(23)22-14/h1-5,7H,6,8H2,(H,22,23). The van der Waals surface area contributed by atoms with Crippen LogP contribution < -0.4 is 10.1 Å². The van der Waals surface area contributed by atoms with E-state index in [2.05, 4.69) is 10.3 Å². The molecular formula is C17H11F3N2O2. The van der Waals surface area contributed by atoms with Crippen molar-refractivity contribution in [3.8, 4) is 16.9 Å². The quantitative estimate of drug-likeness (QED) is 0.867. The number of para-hydroxylation sites is 1. The number of ether oxygens (including phenoxy) is 1. The van der Waals surface area contributed by atoms with E-state index >= 15 is 0 Å². The summed E-state index contributed by atoms with van der Waals surface area (Å²) in [5.41, 5.74) is 1.80. The zero-order chi connectivity index (χ0) is 16.9. The van der Waals surface area contributed by atoms with Crippen molar-refractivity contribution in [1.82, 2.24) is 0 Å². The number of nitrogens with one attached hydrogen (secondary N) is 1. The Morgan fingerprint density at radius 1 is 1.17 bits per heavy atom. The van der Waals surface area contributed by atoms with Crippen LogP contribution in [0.4, 0.5) is 18.9 Å². The van der Waals surface area contributed by atoms with Crippen LogP contribution in [0.25, 0.3) is 11.1 Å². The first-order chi connectivity index (χ1) is 11.4. The van der Waals surface area contributed by atoms with Gasteiger partial charge in [-0.25, -0.2) is 0 Å². The maximum atomic E-state index is 13.2. The average molecular weight is 332 g/mol. The third-order valence-corrected chi connectivity index (χ3v) is 4.00. The van der Waals surface area contributed by atoms with E-state index in [4.69, 9.17) is 4.74 Å². The van der Waals surface area contributed by atoms with Gasteiger partial charge in [0.25, 0.3) is 5.91 Å². The Balaban J connectivity index is 1.95. The number of fused-ring (bicyclic) bond motifs is 2. The van der Waals surface area contributed by atoms with Crippen molar-refractivity contribution in [3.63, 3.8) is 0 Å². The maximum Gasteiger partial charge on any atom is 0.416 e. The van der Waals surface area contributed by atoms with Crippen molar-refractivity contribution >= 4 is 17.8 Å². The van der Waals surface area contributed by atoms with E-state index in [9.17, 15) is 18.0 Å². The van der Waals surface area contributed by atoms with Crippen LogP contribution in [0.5, 0.6) is 5.75 Å². The number of anilines is 1. The first kappa shape index (κ1) is 14.7. The van der Waals surface area contributed by atoms with Crippen LogP contribution in [-0.2, 0) is 17.5 Å². The zero-order valence-corrected chi connectivity index (χ0v) is 12.3. The molecule has 0 atom stereocenters. The highest BCUT2D eigenvalue weighted by atomic mass is 19.4. The van der Waals surface area contributed by atoms with Crippen LogP contribution in [0.2, 0.25) is 0 Å². The molecule has 4 rings (SSSR count). The fourth-order valence-electron chi connectivity index (χ4n) is 2.95. The molecule has 0 saturated carbocycles. The fourth-order valence-corrected chi connectivity index (χ4v) is 2.95. The Labute approximate surface area is 135 Å². The second kappa shape index (κ2) is 5.09. The Kier molecular flexibility index (Phi) is 3.13. The number of halogens is 3. The molecule has 0 bridgehead atoms. The Bertz CT molecular complexity index is 888. The summed E-state index contributed by atoms with van der Waals surface area (Å²) in [4.78, 5) is 15.5. The van der Waals surface area contributed by atoms with E-state index in [-0.39, 0.29) is 19.1 Å². The van der Waals surface area contributed by atoms with Gasteiger partial charge in [0.2, 0.25) is 0 Å². The Hall–Kier alpha value is -2.83. The number of alkyl halides is 3. The first-order valence-electron chi connectivity index (χ1n) is 7.23. The number of nitrogens with zero attached hydrogens (tertiary/aromatic N) is 1. The topological polar surface area (TPSA) is 50.7 Å². The summed E-state index contributed by atoms with van der Waals surface area (Å²) in [7, 11) is 0. The van der Waals surface area contributed by atoms with Crippen molar-refractivity contribution in [2.24, 2.45) is 4.99 Å². The lowest BCUT2D eigenvalue weighted by Gasteiger charge is -2.22. The second-order valence-corrected chi connectivity index (χ2v) is 5.58. The van der Waals surface area contributed by atoms with Crippen LogP contribution in [0.15, 0.2) is 35.3 Å². The molecule has 2 aliphatic heterocycles. The van der Waals surface area contributed by atoms with Gasteiger partial charge in [0.15, 0.2) is 12.4 Å². The van der Waals surface area contributed by atoms with E-state index in [0.717, 1.165) is 12.1 Å². The highest BCUT2D eigenvalue weighted by molar-refractivity contribution is 6.00. The summed E-state index contributed by atoms with van der Waals surface area (Å²) in [6.45, 7) is 0.0537. The van der Waals surface area contributed by atoms with Gasteiger partial charge in [0, 0.05) is 17.3 Å². The fraction of sp³-hybridized carbons (Fsp3) is 0.176. The van der Waals surface area contributed by atoms with Crippen molar-refractivity contribution in [2.75, 3.05) is 11.9 Å². The number of rotatable bonds is 1. The van der Waals surface area contributed by atoms with Gasteiger partial charge in [-0.3, -0.25) is 9.79 Å². The van der Waals surface area contributed by atoms with Gasteiger partial charge in [0.05, 0.1) is 17.8 Å². The molecule has 7 heteroatoms. The number of aliphatic imine (C=N–C) groups is 1. The molecule has 2 aliphatic rings. The first-order valence-corrected chi connectivity index (χ1v) is 7.23. The minimum atomic E-state index is -4.45. The summed E-state index contributed by atoms with van der Waals surface area (Å²) >= 11 is 0. The molecule has 24 heavy (non-hydrogen) atoms. The van der Waals surface area contributed by atoms with Crippen molar-refractivity contribution < 1.29 is 22.7 Å². The molecular weight excluding hydrogens is 321 g/mol. The van der Waals surface area contributed by atoms with Crippen LogP contribution in [0.3, 0.4) is 0 Å². The van der Waals surface area contributed by atoms with E-state index < -0.39 is 11.7 Å². The van der Waals surface area contributed by atoms with E-state index in [1.165, 1.54) is 0 Å². The SMILES string of the molecule is O=C1COc2c(cccc2-c2cc(C(F)(F)F)cc3c2C=NC3)N1. The average Bonchev–Trinajstić information content (AvgIpc) is 3.00.